The zero-order valence-corrected chi connectivity index (χ0v) is 13.1. The first kappa shape index (κ1) is 15.3. The molecule has 2 fully saturated rings. The Morgan fingerprint density at radius 2 is 1.89 bits per heavy atom. The van der Waals surface area contributed by atoms with Gasteiger partial charge in [-0.15, -0.1) is 0 Å². The lowest BCUT2D eigenvalue weighted by molar-refractivity contribution is 0.0329. The molecule has 2 aliphatic rings. The molecule has 2 rings (SSSR count). The summed E-state index contributed by atoms with van der Waals surface area (Å²) in [7, 11) is -2.91. The highest BCUT2D eigenvalue weighted by atomic mass is 32.2. The van der Waals surface area contributed by atoms with Crippen molar-refractivity contribution in [1.82, 2.24) is 10.2 Å². The maximum atomic E-state index is 12.0. The molecule has 0 aromatic rings. The lowest BCUT2D eigenvalue weighted by atomic mass is 9.79. The fraction of sp³-hybridized carbons (Fsp3) is 1.00. The van der Waals surface area contributed by atoms with Gasteiger partial charge in [0.05, 0.1) is 11.0 Å². The van der Waals surface area contributed by atoms with Crippen LogP contribution in [0.1, 0.15) is 46.0 Å². The van der Waals surface area contributed by atoms with E-state index in [1.165, 1.54) is 32.1 Å². The maximum absolute atomic E-state index is 12.0. The highest BCUT2D eigenvalue weighted by Crippen LogP contribution is 2.34. The molecule has 1 N–H and O–H groups in total. The monoisotopic (exact) mass is 288 g/mol. The normalized spacial score (nSPS) is 25.0. The van der Waals surface area contributed by atoms with Gasteiger partial charge in [0.25, 0.3) is 0 Å². The fourth-order valence-electron chi connectivity index (χ4n) is 3.41. The van der Waals surface area contributed by atoms with E-state index in [1.54, 1.807) is 13.8 Å². The molecular weight excluding hydrogens is 260 g/mol. The Kier molecular flexibility index (Phi) is 4.90. The molecule has 0 aromatic carbocycles. The first-order valence-corrected chi connectivity index (χ1v) is 9.35. The van der Waals surface area contributed by atoms with Gasteiger partial charge < -0.3 is 5.32 Å². The van der Waals surface area contributed by atoms with Crippen molar-refractivity contribution >= 4 is 9.84 Å². The lowest BCUT2D eigenvalue weighted by Crippen LogP contribution is -2.62. The quantitative estimate of drug-likeness (QED) is 0.850. The standard InChI is InChI=1S/C14H28N2O2S/c1-13(2)19(17,18)11-10-16-9-8-15-12-14(16)6-4-3-5-7-14/h13,15H,3-12H2,1-2H3. The third-order valence-corrected chi connectivity index (χ3v) is 7.02. The average molecular weight is 288 g/mol. The van der Waals surface area contributed by atoms with Crippen LogP contribution in [0.15, 0.2) is 0 Å². The molecule has 1 aliphatic heterocycles. The van der Waals surface area contributed by atoms with Crippen LogP contribution in [0.4, 0.5) is 0 Å². The summed E-state index contributed by atoms with van der Waals surface area (Å²) >= 11 is 0. The predicted octanol–water partition coefficient (Wildman–Crippen LogP) is 1.42. The second-order valence-corrected chi connectivity index (χ2v) is 9.04. The highest BCUT2D eigenvalue weighted by Gasteiger charge is 2.39. The van der Waals surface area contributed by atoms with Crippen LogP contribution < -0.4 is 5.32 Å². The number of sulfone groups is 1. The van der Waals surface area contributed by atoms with Crippen LogP contribution in [0.2, 0.25) is 0 Å². The van der Waals surface area contributed by atoms with Gasteiger partial charge in [-0.3, -0.25) is 4.90 Å². The summed E-state index contributed by atoms with van der Waals surface area (Å²) in [6.45, 7) is 7.29. The van der Waals surface area contributed by atoms with Crippen LogP contribution in [0.3, 0.4) is 0 Å². The number of nitrogens with zero attached hydrogens (tertiary/aromatic N) is 1. The zero-order chi connectivity index (χ0) is 13.9. The first-order chi connectivity index (χ1) is 8.96. The lowest BCUT2D eigenvalue weighted by Gasteiger charge is -2.50. The van der Waals surface area contributed by atoms with Crippen LogP contribution in [-0.2, 0) is 9.84 Å². The summed E-state index contributed by atoms with van der Waals surface area (Å²) in [5.41, 5.74) is 0.239. The second-order valence-electron chi connectivity index (χ2n) is 6.36. The van der Waals surface area contributed by atoms with Crippen molar-refractivity contribution in [3.63, 3.8) is 0 Å². The summed E-state index contributed by atoms with van der Waals surface area (Å²) in [5, 5.41) is 3.25. The molecule has 0 amide bonds. The minimum absolute atomic E-state index is 0.239. The molecule has 4 nitrogen and oxygen atoms in total. The van der Waals surface area contributed by atoms with Crippen LogP contribution >= 0.6 is 0 Å². The Bertz CT molecular complexity index is 378. The molecule has 112 valence electrons. The van der Waals surface area contributed by atoms with Crippen molar-refractivity contribution in [2.24, 2.45) is 0 Å². The van der Waals surface area contributed by atoms with Gasteiger partial charge in [-0.25, -0.2) is 8.42 Å². The number of hydrogen-bond acceptors (Lipinski definition) is 4. The van der Waals surface area contributed by atoms with E-state index in [9.17, 15) is 8.42 Å². The van der Waals surface area contributed by atoms with Gasteiger partial charge in [0.15, 0.2) is 9.84 Å². The van der Waals surface area contributed by atoms with Gasteiger partial charge >= 0.3 is 0 Å². The molecule has 0 atom stereocenters. The van der Waals surface area contributed by atoms with Gasteiger partial charge in [0.1, 0.15) is 0 Å². The van der Waals surface area contributed by atoms with E-state index in [4.69, 9.17) is 0 Å². The molecular formula is C14H28N2O2S. The first-order valence-electron chi connectivity index (χ1n) is 7.64. The Morgan fingerprint density at radius 1 is 1.21 bits per heavy atom. The van der Waals surface area contributed by atoms with Gasteiger partial charge in [0, 0.05) is 31.7 Å². The summed E-state index contributed by atoms with van der Waals surface area (Å²) in [6.07, 6.45) is 6.35. The van der Waals surface area contributed by atoms with Crippen molar-refractivity contribution < 1.29 is 8.42 Å². The van der Waals surface area contributed by atoms with Crippen LogP contribution in [0, 0.1) is 0 Å². The molecule has 1 saturated carbocycles. The Hall–Kier alpha value is -0.130. The number of nitrogens with one attached hydrogen (secondary N) is 1. The van der Waals surface area contributed by atoms with Crippen molar-refractivity contribution in [1.29, 1.82) is 0 Å². The van der Waals surface area contributed by atoms with Gasteiger partial charge in [0.2, 0.25) is 0 Å². The molecule has 1 saturated heterocycles. The van der Waals surface area contributed by atoms with Gasteiger partial charge in [-0.2, -0.15) is 0 Å². The van der Waals surface area contributed by atoms with Gasteiger partial charge in [-0.05, 0) is 26.7 Å². The molecule has 5 heteroatoms. The number of hydrogen-bond donors (Lipinski definition) is 1. The Labute approximate surface area is 117 Å². The predicted molar refractivity (Wildman–Crippen MR) is 79.2 cm³/mol. The average Bonchev–Trinajstić information content (AvgIpc) is 2.39. The second kappa shape index (κ2) is 6.10. The Morgan fingerprint density at radius 3 is 2.53 bits per heavy atom. The minimum atomic E-state index is -2.91. The third-order valence-electron chi connectivity index (χ3n) is 4.83. The molecule has 0 unspecified atom stereocenters. The highest BCUT2D eigenvalue weighted by molar-refractivity contribution is 7.92. The molecule has 0 radical (unpaired) electrons. The van der Waals surface area contributed by atoms with E-state index in [0.717, 1.165) is 19.6 Å². The molecule has 1 heterocycles. The van der Waals surface area contributed by atoms with E-state index in [-0.39, 0.29) is 10.8 Å². The van der Waals surface area contributed by atoms with E-state index < -0.39 is 9.84 Å². The van der Waals surface area contributed by atoms with Crippen LogP contribution in [0.25, 0.3) is 0 Å². The maximum Gasteiger partial charge on any atom is 0.153 e. The number of piperazine rings is 1. The molecule has 19 heavy (non-hydrogen) atoms. The minimum Gasteiger partial charge on any atom is -0.314 e. The van der Waals surface area contributed by atoms with Crippen molar-refractivity contribution in [2.75, 3.05) is 31.9 Å². The fourth-order valence-corrected chi connectivity index (χ4v) is 4.36. The summed E-state index contributed by atoms with van der Waals surface area (Å²) < 4.78 is 24.0. The van der Waals surface area contributed by atoms with E-state index in [0.29, 0.717) is 12.3 Å². The summed E-state index contributed by atoms with van der Waals surface area (Å²) in [5.74, 6) is 0.312. The van der Waals surface area contributed by atoms with Gasteiger partial charge in [-0.1, -0.05) is 19.3 Å². The largest absolute Gasteiger partial charge is 0.314 e. The Balaban J connectivity index is 2.00. The smallest absolute Gasteiger partial charge is 0.153 e. The molecule has 1 spiro atoms. The summed E-state index contributed by atoms with van der Waals surface area (Å²) in [4.78, 5) is 2.46. The van der Waals surface area contributed by atoms with Crippen molar-refractivity contribution in [3.8, 4) is 0 Å². The molecule has 0 bridgehead atoms. The number of rotatable bonds is 4. The van der Waals surface area contributed by atoms with E-state index >= 15 is 0 Å². The topological polar surface area (TPSA) is 49.4 Å². The van der Waals surface area contributed by atoms with Crippen molar-refractivity contribution in [2.45, 2.75) is 56.7 Å². The SMILES string of the molecule is CC(C)S(=O)(=O)CCN1CCNCC12CCCCC2. The van der Waals surface area contributed by atoms with Crippen molar-refractivity contribution in [3.05, 3.63) is 0 Å². The van der Waals surface area contributed by atoms with E-state index in [2.05, 4.69) is 10.2 Å². The van der Waals surface area contributed by atoms with E-state index in [1.807, 2.05) is 0 Å². The summed E-state index contributed by atoms with van der Waals surface area (Å²) in [6, 6.07) is 0. The third kappa shape index (κ3) is 3.50. The van der Waals surface area contributed by atoms with Crippen LogP contribution in [0.5, 0.6) is 0 Å². The van der Waals surface area contributed by atoms with Crippen LogP contribution in [-0.4, -0.2) is 56.0 Å². The zero-order valence-electron chi connectivity index (χ0n) is 12.3. The molecule has 0 aromatic heterocycles. The molecule has 1 aliphatic carbocycles.